The van der Waals surface area contributed by atoms with Crippen LogP contribution in [0, 0.1) is 5.92 Å². The Hall–Kier alpha value is -2.04. The predicted octanol–water partition coefficient (Wildman–Crippen LogP) is 3.93. The summed E-state index contributed by atoms with van der Waals surface area (Å²) in [6.07, 6.45) is 2.17. The van der Waals surface area contributed by atoms with Gasteiger partial charge in [0.05, 0.1) is 13.0 Å². The molecule has 0 spiro atoms. The molecule has 0 saturated heterocycles. The fraction of sp³-hybridized carbons (Fsp3) is 0.600. The summed E-state index contributed by atoms with van der Waals surface area (Å²) < 4.78 is 15.8. The summed E-state index contributed by atoms with van der Waals surface area (Å²) in [7, 11) is 0. The number of carbonyl (C=O) groups excluding carboxylic acids is 2. The Kier molecular flexibility index (Phi) is 8.46. The van der Waals surface area contributed by atoms with Crippen LogP contribution >= 0.6 is 0 Å². The molecule has 5 nitrogen and oxygen atoms in total. The molecule has 0 heterocycles. The Labute approximate surface area is 150 Å². The minimum absolute atomic E-state index is 0.144. The average Bonchev–Trinajstić information content (AvgIpc) is 2.49. The Morgan fingerprint density at radius 3 is 2.24 bits per heavy atom. The van der Waals surface area contributed by atoms with Crippen molar-refractivity contribution in [3.63, 3.8) is 0 Å². The molecule has 0 atom stereocenters. The molecule has 0 bridgehead atoms. The number of carbonyl (C=O) groups is 2. The number of hydrogen-bond acceptors (Lipinski definition) is 5. The van der Waals surface area contributed by atoms with Gasteiger partial charge < -0.3 is 14.2 Å². The molecule has 0 aromatic heterocycles. The fourth-order valence-corrected chi connectivity index (χ4v) is 2.11. The van der Waals surface area contributed by atoms with Crippen molar-refractivity contribution in [2.24, 2.45) is 5.92 Å². The molecule has 0 saturated carbocycles. The van der Waals surface area contributed by atoms with Crippen molar-refractivity contribution < 1.29 is 23.8 Å². The molecule has 140 valence electrons. The standard InChI is InChI=1S/C20H30O5/c1-15(2)7-6-12-23-18(21)13-16-8-10-17(11-9-16)24-14-19(22)25-20(3,4)5/h8-11,15H,6-7,12-14H2,1-5H3. The topological polar surface area (TPSA) is 61.8 Å². The molecular weight excluding hydrogens is 320 g/mol. The molecule has 0 amide bonds. The summed E-state index contributed by atoms with van der Waals surface area (Å²) >= 11 is 0. The maximum absolute atomic E-state index is 11.8. The Bertz CT molecular complexity index is 540. The van der Waals surface area contributed by atoms with Gasteiger partial charge in [-0.25, -0.2) is 4.79 Å². The normalized spacial score (nSPS) is 11.3. The van der Waals surface area contributed by atoms with Crippen LogP contribution in [0.2, 0.25) is 0 Å². The third-order valence-corrected chi connectivity index (χ3v) is 3.24. The molecular formula is C20H30O5. The summed E-state index contributed by atoms with van der Waals surface area (Å²) in [4.78, 5) is 23.4. The quantitative estimate of drug-likeness (QED) is 0.499. The van der Waals surface area contributed by atoms with Gasteiger partial charge in [0.2, 0.25) is 0 Å². The third-order valence-electron chi connectivity index (χ3n) is 3.24. The van der Waals surface area contributed by atoms with E-state index in [2.05, 4.69) is 13.8 Å². The van der Waals surface area contributed by atoms with E-state index >= 15 is 0 Å². The number of hydrogen-bond donors (Lipinski definition) is 0. The first-order valence-electron chi connectivity index (χ1n) is 8.75. The lowest BCUT2D eigenvalue weighted by molar-refractivity contribution is -0.157. The second kappa shape index (κ2) is 10.1. The highest BCUT2D eigenvalue weighted by atomic mass is 16.6. The van der Waals surface area contributed by atoms with Crippen LogP contribution in [0.25, 0.3) is 0 Å². The van der Waals surface area contributed by atoms with Gasteiger partial charge in [-0.15, -0.1) is 0 Å². The second-order valence-corrected chi connectivity index (χ2v) is 7.45. The lowest BCUT2D eigenvalue weighted by Crippen LogP contribution is -2.27. The lowest BCUT2D eigenvalue weighted by Gasteiger charge is -2.19. The average molecular weight is 350 g/mol. The number of rotatable bonds is 9. The Morgan fingerprint density at radius 2 is 1.68 bits per heavy atom. The zero-order valence-corrected chi connectivity index (χ0v) is 16.0. The van der Waals surface area contributed by atoms with Crippen molar-refractivity contribution in [2.75, 3.05) is 13.2 Å². The van der Waals surface area contributed by atoms with Crippen LogP contribution in [0.5, 0.6) is 5.75 Å². The Balaban J connectivity index is 2.33. The predicted molar refractivity (Wildman–Crippen MR) is 96.5 cm³/mol. The van der Waals surface area contributed by atoms with Gasteiger partial charge in [-0.3, -0.25) is 4.79 Å². The van der Waals surface area contributed by atoms with Crippen LogP contribution < -0.4 is 4.74 Å². The largest absolute Gasteiger partial charge is 0.482 e. The first-order chi connectivity index (χ1) is 11.7. The second-order valence-electron chi connectivity index (χ2n) is 7.45. The van der Waals surface area contributed by atoms with Crippen molar-refractivity contribution in [3.05, 3.63) is 29.8 Å². The third kappa shape index (κ3) is 10.4. The molecule has 25 heavy (non-hydrogen) atoms. The smallest absolute Gasteiger partial charge is 0.344 e. The van der Waals surface area contributed by atoms with Crippen LogP contribution in [0.4, 0.5) is 0 Å². The first-order valence-corrected chi connectivity index (χ1v) is 8.75. The molecule has 1 aromatic carbocycles. The van der Waals surface area contributed by atoms with E-state index in [0.29, 0.717) is 18.3 Å². The van der Waals surface area contributed by atoms with Crippen molar-refractivity contribution in [3.8, 4) is 5.75 Å². The van der Waals surface area contributed by atoms with Gasteiger partial charge in [0.25, 0.3) is 0 Å². The lowest BCUT2D eigenvalue weighted by atomic mass is 10.1. The van der Waals surface area contributed by atoms with E-state index < -0.39 is 11.6 Å². The maximum atomic E-state index is 11.8. The van der Waals surface area contributed by atoms with Gasteiger partial charge >= 0.3 is 11.9 Å². The summed E-state index contributed by atoms with van der Waals surface area (Å²) in [6.45, 7) is 10.0. The van der Waals surface area contributed by atoms with Crippen molar-refractivity contribution in [2.45, 2.75) is 59.5 Å². The summed E-state index contributed by atoms with van der Waals surface area (Å²) in [5, 5.41) is 0. The highest BCUT2D eigenvalue weighted by Gasteiger charge is 2.16. The summed E-state index contributed by atoms with van der Waals surface area (Å²) in [5.74, 6) is 0.527. The molecule has 0 N–H and O–H groups in total. The molecule has 0 unspecified atom stereocenters. The highest BCUT2D eigenvalue weighted by molar-refractivity contribution is 5.73. The number of esters is 2. The van der Waals surface area contributed by atoms with E-state index in [1.165, 1.54) is 0 Å². The highest BCUT2D eigenvalue weighted by Crippen LogP contribution is 2.14. The van der Waals surface area contributed by atoms with Crippen LogP contribution in [0.15, 0.2) is 24.3 Å². The zero-order valence-electron chi connectivity index (χ0n) is 16.0. The van der Waals surface area contributed by atoms with Gasteiger partial charge in [-0.2, -0.15) is 0 Å². The SMILES string of the molecule is CC(C)CCCOC(=O)Cc1ccc(OCC(=O)OC(C)(C)C)cc1. The molecule has 0 aliphatic carbocycles. The summed E-state index contributed by atoms with van der Waals surface area (Å²) in [5.41, 5.74) is 0.318. The van der Waals surface area contributed by atoms with E-state index in [1.807, 2.05) is 20.8 Å². The zero-order chi connectivity index (χ0) is 18.9. The van der Waals surface area contributed by atoms with Gasteiger partial charge in [-0.05, 0) is 57.2 Å². The van der Waals surface area contributed by atoms with Crippen molar-refractivity contribution in [1.29, 1.82) is 0 Å². The van der Waals surface area contributed by atoms with E-state index in [-0.39, 0.29) is 19.0 Å². The van der Waals surface area contributed by atoms with E-state index in [4.69, 9.17) is 14.2 Å². The first kappa shape index (κ1) is 21.0. The van der Waals surface area contributed by atoms with Gasteiger partial charge in [0, 0.05) is 0 Å². The van der Waals surface area contributed by atoms with E-state index in [0.717, 1.165) is 18.4 Å². The Morgan fingerprint density at radius 1 is 1.04 bits per heavy atom. The van der Waals surface area contributed by atoms with Crippen molar-refractivity contribution in [1.82, 2.24) is 0 Å². The van der Waals surface area contributed by atoms with Gasteiger partial charge in [0.1, 0.15) is 11.4 Å². The van der Waals surface area contributed by atoms with Crippen LogP contribution in [0.1, 0.15) is 53.0 Å². The maximum Gasteiger partial charge on any atom is 0.344 e. The molecule has 1 aromatic rings. The minimum atomic E-state index is -0.528. The molecule has 0 radical (unpaired) electrons. The van der Waals surface area contributed by atoms with Crippen molar-refractivity contribution >= 4 is 11.9 Å². The molecule has 1 rings (SSSR count). The monoisotopic (exact) mass is 350 g/mol. The van der Waals surface area contributed by atoms with Gasteiger partial charge in [-0.1, -0.05) is 26.0 Å². The molecule has 0 aliphatic rings. The molecule has 0 aliphatic heterocycles. The van der Waals surface area contributed by atoms with E-state index in [9.17, 15) is 9.59 Å². The molecule has 5 heteroatoms. The van der Waals surface area contributed by atoms with Crippen LogP contribution in [-0.2, 0) is 25.5 Å². The van der Waals surface area contributed by atoms with Gasteiger partial charge in [0.15, 0.2) is 6.61 Å². The van der Waals surface area contributed by atoms with Crippen LogP contribution in [-0.4, -0.2) is 30.8 Å². The minimum Gasteiger partial charge on any atom is -0.482 e. The number of benzene rings is 1. The van der Waals surface area contributed by atoms with Crippen LogP contribution in [0.3, 0.4) is 0 Å². The fourth-order valence-electron chi connectivity index (χ4n) is 2.11. The van der Waals surface area contributed by atoms with E-state index in [1.54, 1.807) is 24.3 Å². The number of ether oxygens (including phenoxy) is 3. The summed E-state index contributed by atoms with van der Waals surface area (Å²) in [6, 6.07) is 7.04. The molecule has 0 fully saturated rings.